The van der Waals surface area contributed by atoms with Crippen LogP contribution in [-0.2, 0) is 33.6 Å². The molecule has 77 heavy (non-hydrogen) atoms. The Morgan fingerprint density at radius 2 is 0.481 bits per heavy atom. The van der Waals surface area contributed by atoms with Crippen molar-refractivity contribution < 1.29 is 28.8 Å². The molecule has 9 heteroatoms. The maximum absolute atomic E-state index is 12.3. The van der Waals surface area contributed by atoms with E-state index in [1.54, 1.807) is 18.6 Å². The van der Waals surface area contributed by atoms with Crippen molar-refractivity contribution in [1.82, 2.24) is 15.0 Å². The van der Waals surface area contributed by atoms with E-state index in [1.807, 2.05) is 205 Å². The van der Waals surface area contributed by atoms with Crippen LogP contribution in [-0.4, -0.2) is 49.7 Å². The van der Waals surface area contributed by atoms with Gasteiger partial charge in [0.05, 0.1) is 16.7 Å². The predicted molar refractivity (Wildman–Crippen MR) is 329 cm³/mol. The van der Waals surface area contributed by atoms with Crippen molar-refractivity contribution >= 4 is 67.4 Å². The van der Waals surface area contributed by atoms with Gasteiger partial charge in [-0.3, -0.25) is 28.8 Å². The molecule has 0 spiro atoms. The maximum Gasteiger partial charge on any atom is 0.231 e. The minimum Gasteiger partial charge on any atom is -0.360 e. The topological polar surface area (TPSA) is 150 Å². The third-order valence-electron chi connectivity index (χ3n) is 9.88. The molecule has 0 saturated carbocycles. The molecule has 9 nitrogen and oxygen atoms in total. The number of fused-ring (bicyclic) bond motifs is 3. The number of benzene rings is 6. The summed E-state index contributed by atoms with van der Waals surface area (Å²) in [4.78, 5) is 82.1. The molecule has 0 aliphatic rings. The summed E-state index contributed by atoms with van der Waals surface area (Å²) in [5.74, 6) is -2.48. The number of carbonyl (C=O) groups excluding carboxylic acids is 6. The fourth-order valence-electron chi connectivity index (χ4n) is 6.81. The molecule has 3 N–H and O–H groups in total. The molecular weight excluding hydrogens is 955 g/mol. The number of rotatable bonds is 12. The number of hydrogen-bond acceptors (Lipinski definition) is 6. The monoisotopic (exact) mass is 1040 g/mol. The van der Waals surface area contributed by atoms with Crippen molar-refractivity contribution in [1.29, 1.82) is 0 Å². The number of para-hydroxylation sites is 3. The number of H-pyrrole nitrogens is 3. The van der Waals surface area contributed by atoms with Crippen molar-refractivity contribution in [2.45, 2.75) is 136 Å². The lowest BCUT2D eigenvalue weighted by molar-refractivity contribution is -0.115. The molecule has 0 unspecified atom stereocenters. The standard InChI is InChI=1S/3C17H13NO2.3C3H8.3C2H6.2CH4/c3*19-16(10-12-6-2-1-3-7-12)17(20)14-11-18-15-9-5-4-8-13(14)15;3*1-3-2;3*1-2;;/h3*1-9,11,18H,10H2;3*3H2,1-2H3;3*1-2H3;2*1H4. The lowest BCUT2D eigenvalue weighted by atomic mass is 10.0. The lowest BCUT2D eigenvalue weighted by Crippen LogP contribution is -2.16. The Bertz CT molecular complexity index is 2690. The number of ketones is 6. The molecule has 0 bridgehead atoms. The minimum absolute atomic E-state index is 0. The van der Waals surface area contributed by atoms with Gasteiger partial charge >= 0.3 is 0 Å². The van der Waals surface area contributed by atoms with Crippen LogP contribution in [0, 0.1) is 0 Å². The van der Waals surface area contributed by atoms with Gasteiger partial charge in [0.2, 0.25) is 34.7 Å². The third-order valence-corrected chi connectivity index (χ3v) is 9.88. The summed E-state index contributed by atoms with van der Waals surface area (Å²) in [6.07, 6.45) is 8.99. The zero-order valence-electron chi connectivity index (χ0n) is 46.5. The fourth-order valence-corrected chi connectivity index (χ4v) is 6.81. The van der Waals surface area contributed by atoms with E-state index >= 15 is 0 Å². The normalized spacial score (nSPS) is 9.19. The average Bonchev–Trinajstić information content (AvgIpc) is 4.22. The largest absolute Gasteiger partial charge is 0.360 e. The van der Waals surface area contributed by atoms with Crippen LogP contribution in [0.5, 0.6) is 0 Å². The summed E-state index contributed by atoms with van der Waals surface area (Å²) in [6.45, 7) is 24.8. The first-order chi connectivity index (χ1) is 36.5. The van der Waals surface area contributed by atoms with Gasteiger partial charge in [-0.25, -0.2) is 0 Å². The van der Waals surface area contributed by atoms with Gasteiger partial charge in [0, 0.05) is 70.6 Å². The number of aromatic nitrogens is 3. The molecule has 3 aromatic heterocycles. The number of carbonyl (C=O) groups is 6. The van der Waals surface area contributed by atoms with Gasteiger partial charge in [0.25, 0.3) is 0 Å². The van der Waals surface area contributed by atoms with Gasteiger partial charge in [0.15, 0.2) is 0 Å². The Balaban J connectivity index is 0. The van der Waals surface area contributed by atoms with Crippen LogP contribution in [0.2, 0.25) is 0 Å². The fraction of sp³-hybridized carbons (Fsp3) is 0.294. The molecule has 0 saturated heterocycles. The molecule has 6 aromatic carbocycles. The summed E-state index contributed by atoms with van der Waals surface area (Å²) < 4.78 is 0. The highest BCUT2D eigenvalue weighted by Gasteiger charge is 2.22. The highest BCUT2D eigenvalue weighted by atomic mass is 16.2. The number of hydrogen-bond donors (Lipinski definition) is 3. The Hall–Kier alpha value is -8.04. The van der Waals surface area contributed by atoms with E-state index in [-0.39, 0.29) is 51.5 Å². The SMILES string of the molecule is C.C.CC.CC.CC.CCC.CCC.CCC.O=C(Cc1ccccc1)C(=O)c1c[nH]c2ccccc12.O=C(Cc1ccccc1)C(=O)c1c[nH]c2ccccc12.O=C(Cc1ccccc1)C(=O)c1c[nH]c2ccccc12. The lowest BCUT2D eigenvalue weighted by Gasteiger charge is -2.00. The molecule has 412 valence electrons. The molecular formula is C68H89N3O6. The van der Waals surface area contributed by atoms with E-state index in [2.05, 4.69) is 56.5 Å². The molecule has 0 aliphatic heterocycles. The summed E-state index contributed by atoms with van der Waals surface area (Å²) in [5, 5.41) is 2.37. The molecule has 0 fully saturated rings. The van der Waals surface area contributed by atoms with Crippen LogP contribution >= 0.6 is 0 Å². The van der Waals surface area contributed by atoms with Gasteiger partial charge < -0.3 is 15.0 Å². The highest BCUT2D eigenvalue weighted by Crippen LogP contribution is 2.21. The van der Waals surface area contributed by atoms with Crippen LogP contribution in [0.15, 0.2) is 182 Å². The summed E-state index contributed by atoms with van der Waals surface area (Å²) in [6, 6.07) is 50.3. The summed E-state index contributed by atoms with van der Waals surface area (Å²) in [5.41, 5.74) is 6.49. The number of Topliss-reactive ketones (excluding diaryl/α,β-unsaturated/α-hetero) is 6. The zero-order chi connectivity index (χ0) is 56.0. The van der Waals surface area contributed by atoms with Crippen molar-refractivity contribution in [3.8, 4) is 0 Å². The first-order valence-corrected chi connectivity index (χ1v) is 26.5. The smallest absolute Gasteiger partial charge is 0.231 e. The highest BCUT2D eigenvalue weighted by molar-refractivity contribution is 6.47. The van der Waals surface area contributed by atoms with Crippen LogP contribution in [0.25, 0.3) is 32.7 Å². The Morgan fingerprint density at radius 1 is 0.299 bits per heavy atom. The maximum atomic E-state index is 12.3. The van der Waals surface area contributed by atoms with Gasteiger partial charge in [-0.1, -0.05) is 263 Å². The number of aromatic amines is 3. The summed E-state index contributed by atoms with van der Waals surface area (Å²) in [7, 11) is 0. The molecule has 3 heterocycles. The van der Waals surface area contributed by atoms with E-state index in [1.165, 1.54) is 19.3 Å². The second kappa shape index (κ2) is 42.2. The van der Waals surface area contributed by atoms with Crippen LogP contribution < -0.4 is 0 Å². The van der Waals surface area contributed by atoms with Crippen LogP contribution in [0.1, 0.15) is 165 Å². The van der Waals surface area contributed by atoms with Crippen molar-refractivity contribution in [3.05, 3.63) is 216 Å². The van der Waals surface area contributed by atoms with Crippen molar-refractivity contribution in [2.75, 3.05) is 0 Å². The second-order valence-electron chi connectivity index (χ2n) is 16.1. The Kier molecular flexibility index (Phi) is 38.9. The zero-order valence-corrected chi connectivity index (χ0v) is 46.5. The van der Waals surface area contributed by atoms with Gasteiger partial charge in [-0.2, -0.15) is 0 Å². The molecule has 0 radical (unpaired) electrons. The average molecular weight is 1040 g/mol. The van der Waals surface area contributed by atoms with Crippen molar-refractivity contribution in [3.63, 3.8) is 0 Å². The molecule has 0 aliphatic carbocycles. The van der Waals surface area contributed by atoms with E-state index in [4.69, 9.17) is 0 Å². The quantitative estimate of drug-likeness (QED) is 0.0819. The third kappa shape index (κ3) is 23.6. The minimum atomic E-state index is -0.439. The molecule has 0 amide bonds. The predicted octanol–water partition coefficient (Wildman–Crippen LogP) is 18.1. The van der Waals surface area contributed by atoms with E-state index < -0.39 is 17.3 Å². The Morgan fingerprint density at radius 3 is 0.688 bits per heavy atom. The van der Waals surface area contributed by atoms with Gasteiger partial charge in [-0.05, 0) is 34.9 Å². The van der Waals surface area contributed by atoms with E-state index in [9.17, 15) is 28.8 Å². The first-order valence-electron chi connectivity index (χ1n) is 26.5. The van der Waals surface area contributed by atoms with Crippen LogP contribution in [0.3, 0.4) is 0 Å². The Labute approximate surface area is 461 Å². The van der Waals surface area contributed by atoms with Gasteiger partial charge in [0.1, 0.15) is 0 Å². The van der Waals surface area contributed by atoms with Gasteiger partial charge in [-0.15, -0.1) is 0 Å². The molecule has 9 aromatic rings. The number of nitrogens with one attached hydrogen (secondary N) is 3. The van der Waals surface area contributed by atoms with Crippen LogP contribution in [0.4, 0.5) is 0 Å². The van der Waals surface area contributed by atoms with E-state index in [0.717, 1.165) is 49.4 Å². The van der Waals surface area contributed by atoms with E-state index in [0.29, 0.717) is 16.7 Å². The second-order valence-corrected chi connectivity index (χ2v) is 16.1. The molecule has 9 rings (SSSR count). The first kappa shape index (κ1) is 71.0. The summed E-state index contributed by atoms with van der Waals surface area (Å²) >= 11 is 0. The molecule has 0 atom stereocenters. The van der Waals surface area contributed by atoms with Crippen molar-refractivity contribution in [2.24, 2.45) is 0 Å².